The fourth-order valence-corrected chi connectivity index (χ4v) is 3.14. The molecule has 2 heterocycles. The number of thiophene rings is 1. The summed E-state index contributed by atoms with van der Waals surface area (Å²) in [5.74, 6) is -1.77. The van der Waals surface area contributed by atoms with Crippen molar-refractivity contribution in [2.75, 3.05) is 13.1 Å². The molecular formula is C13H16N2O4S. The zero-order valence-electron chi connectivity index (χ0n) is 11.3. The average molecular weight is 296 g/mol. The second-order valence-electron chi connectivity index (χ2n) is 4.75. The van der Waals surface area contributed by atoms with Crippen molar-refractivity contribution in [2.24, 2.45) is 0 Å². The van der Waals surface area contributed by atoms with E-state index in [1.54, 1.807) is 6.07 Å². The first-order chi connectivity index (χ1) is 9.40. The summed E-state index contributed by atoms with van der Waals surface area (Å²) < 4.78 is 0. The van der Waals surface area contributed by atoms with E-state index in [0.717, 1.165) is 10.4 Å². The number of rotatable bonds is 3. The molecule has 20 heavy (non-hydrogen) atoms. The third kappa shape index (κ3) is 2.82. The molecule has 1 aromatic heterocycles. The maximum atomic E-state index is 12.5. The number of carboxylic acid groups (broad SMARTS) is 1. The fraction of sp³-hybridized carbons (Fsp3) is 0.462. The molecular weight excluding hydrogens is 280 g/mol. The molecule has 1 fully saturated rings. The van der Waals surface area contributed by atoms with Crippen molar-refractivity contribution in [1.82, 2.24) is 10.2 Å². The van der Waals surface area contributed by atoms with Crippen molar-refractivity contribution < 1.29 is 19.5 Å². The maximum Gasteiger partial charge on any atom is 0.305 e. The Kier molecular flexibility index (Phi) is 4.08. The minimum absolute atomic E-state index is 0.271. The second kappa shape index (κ2) is 5.62. The zero-order valence-corrected chi connectivity index (χ0v) is 12.1. The molecule has 1 unspecified atom stereocenters. The van der Waals surface area contributed by atoms with Crippen LogP contribution in [0.1, 0.15) is 26.5 Å². The summed E-state index contributed by atoms with van der Waals surface area (Å²) in [6, 6.07) is 0.851. The van der Waals surface area contributed by atoms with Gasteiger partial charge in [-0.25, -0.2) is 0 Å². The number of aliphatic carboxylic acids is 1. The van der Waals surface area contributed by atoms with Crippen LogP contribution in [0.25, 0.3) is 0 Å². The van der Waals surface area contributed by atoms with E-state index in [1.165, 1.54) is 16.2 Å². The highest BCUT2D eigenvalue weighted by Gasteiger charge is 2.35. The Bertz CT molecular complexity index is 547. The van der Waals surface area contributed by atoms with Crippen molar-refractivity contribution in [2.45, 2.75) is 26.3 Å². The summed E-state index contributed by atoms with van der Waals surface area (Å²) in [6.07, 6.45) is -0.374. The van der Waals surface area contributed by atoms with E-state index in [2.05, 4.69) is 5.32 Å². The van der Waals surface area contributed by atoms with Gasteiger partial charge in [0.15, 0.2) is 0 Å². The molecule has 0 radical (unpaired) electrons. The predicted octanol–water partition coefficient (Wildman–Crippen LogP) is 0.780. The molecule has 2 N–H and O–H groups in total. The average Bonchev–Trinajstić information content (AvgIpc) is 2.71. The van der Waals surface area contributed by atoms with Crippen LogP contribution in [0.3, 0.4) is 0 Å². The van der Waals surface area contributed by atoms with E-state index in [9.17, 15) is 14.4 Å². The Morgan fingerprint density at radius 1 is 1.50 bits per heavy atom. The molecule has 1 aliphatic rings. The molecule has 6 nitrogen and oxygen atoms in total. The van der Waals surface area contributed by atoms with Crippen molar-refractivity contribution in [3.8, 4) is 0 Å². The first-order valence-corrected chi connectivity index (χ1v) is 7.09. The molecule has 1 aliphatic heterocycles. The van der Waals surface area contributed by atoms with Crippen molar-refractivity contribution in [3.63, 3.8) is 0 Å². The first kappa shape index (κ1) is 14.5. The molecule has 0 aliphatic carbocycles. The van der Waals surface area contributed by atoms with E-state index in [0.29, 0.717) is 18.0 Å². The highest BCUT2D eigenvalue weighted by atomic mass is 32.1. The number of aryl methyl sites for hydroxylation is 2. The Hall–Kier alpha value is -1.89. The number of nitrogens with one attached hydrogen (secondary N) is 1. The van der Waals surface area contributed by atoms with Gasteiger partial charge in [0.2, 0.25) is 5.91 Å². The number of hydrogen-bond donors (Lipinski definition) is 2. The summed E-state index contributed by atoms with van der Waals surface area (Å²) in [5.41, 5.74) is 1.02. The molecule has 1 saturated heterocycles. The van der Waals surface area contributed by atoms with Gasteiger partial charge < -0.3 is 15.3 Å². The predicted molar refractivity (Wildman–Crippen MR) is 73.9 cm³/mol. The zero-order chi connectivity index (χ0) is 14.9. The molecule has 108 valence electrons. The summed E-state index contributed by atoms with van der Waals surface area (Å²) in [7, 11) is 0. The molecule has 0 bridgehead atoms. The van der Waals surface area contributed by atoms with Crippen LogP contribution in [0.15, 0.2) is 6.07 Å². The molecule has 0 saturated carbocycles. The topological polar surface area (TPSA) is 86.7 Å². The van der Waals surface area contributed by atoms with Gasteiger partial charge in [0.1, 0.15) is 6.04 Å². The standard InChI is InChI=1S/C13H16N2O4S/c1-7-5-10(20-8(7)2)13(19)15-4-3-14-12(18)9(15)6-11(16)17/h5,9H,3-4,6H2,1-2H3,(H,14,18)(H,16,17). The number of carbonyl (C=O) groups excluding carboxylic acids is 2. The van der Waals surface area contributed by atoms with Crippen LogP contribution in [0.4, 0.5) is 0 Å². The minimum atomic E-state index is -1.09. The molecule has 1 aromatic rings. The van der Waals surface area contributed by atoms with Gasteiger partial charge in [-0.3, -0.25) is 14.4 Å². The Morgan fingerprint density at radius 3 is 2.75 bits per heavy atom. The summed E-state index contributed by atoms with van der Waals surface area (Å²) in [5, 5.41) is 11.5. The highest BCUT2D eigenvalue weighted by molar-refractivity contribution is 7.14. The smallest absolute Gasteiger partial charge is 0.305 e. The van der Waals surface area contributed by atoms with Crippen LogP contribution in [0, 0.1) is 13.8 Å². The minimum Gasteiger partial charge on any atom is -0.481 e. The number of carbonyl (C=O) groups is 3. The fourth-order valence-electron chi connectivity index (χ4n) is 2.15. The van der Waals surface area contributed by atoms with Gasteiger partial charge in [0, 0.05) is 18.0 Å². The van der Waals surface area contributed by atoms with Gasteiger partial charge in [-0.15, -0.1) is 11.3 Å². The highest BCUT2D eigenvalue weighted by Crippen LogP contribution is 2.23. The van der Waals surface area contributed by atoms with Crippen molar-refractivity contribution in [1.29, 1.82) is 0 Å². The van der Waals surface area contributed by atoms with Crippen molar-refractivity contribution >= 4 is 29.1 Å². The van der Waals surface area contributed by atoms with Gasteiger partial charge in [-0.1, -0.05) is 0 Å². The Labute approximate surface area is 120 Å². The van der Waals surface area contributed by atoms with Crippen LogP contribution < -0.4 is 5.32 Å². The third-order valence-corrected chi connectivity index (χ3v) is 4.48. The van der Waals surface area contributed by atoms with Gasteiger partial charge in [0.05, 0.1) is 11.3 Å². The van der Waals surface area contributed by atoms with Gasteiger partial charge in [-0.05, 0) is 25.5 Å². The van der Waals surface area contributed by atoms with Gasteiger partial charge in [0.25, 0.3) is 5.91 Å². The largest absolute Gasteiger partial charge is 0.481 e. The lowest BCUT2D eigenvalue weighted by Crippen LogP contribution is -2.57. The monoisotopic (exact) mass is 296 g/mol. The summed E-state index contributed by atoms with van der Waals surface area (Å²) in [6.45, 7) is 4.53. The van der Waals surface area contributed by atoms with Crippen LogP contribution in [0.2, 0.25) is 0 Å². The Morgan fingerprint density at radius 2 is 2.20 bits per heavy atom. The third-order valence-electron chi connectivity index (χ3n) is 3.34. The van der Waals surface area contributed by atoms with E-state index in [4.69, 9.17) is 5.11 Å². The lowest BCUT2D eigenvalue weighted by atomic mass is 10.1. The van der Waals surface area contributed by atoms with E-state index >= 15 is 0 Å². The number of amides is 2. The van der Waals surface area contributed by atoms with Crippen LogP contribution in [0.5, 0.6) is 0 Å². The number of nitrogens with zero attached hydrogens (tertiary/aromatic N) is 1. The second-order valence-corrected chi connectivity index (χ2v) is 6.01. The van der Waals surface area contributed by atoms with Gasteiger partial charge >= 0.3 is 5.97 Å². The molecule has 0 aromatic carbocycles. The molecule has 0 spiro atoms. The lowest BCUT2D eigenvalue weighted by Gasteiger charge is -2.33. The van der Waals surface area contributed by atoms with Crippen LogP contribution >= 0.6 is 11.3 Å². The number of hydrogen-bond acceptors (Lipinski definition) is 4. The SMILES string of the molecule is Cc1cc(C(=O)N2CCNC(=O)C2CC(=O)O)sc1C. The maximum absolute atomic E-state index is 12.5. The summed E-state index contributed by atoms with van der Waals surface area (Å²) in [4.78, 5) is 38.1. The van der Waals surface area contributed by atoms with E-state index in [-0.39, 0.29) is 12.3 Å². The number of piperazine rings is 1. The first-order valence-electron chi connectivity index (χ1n) is 6.27. The summed E-state index contributed by atoms with van der Waals surface area (Å²) >= 11 is 1.37. The van der Waals surface area contributed by atoms with E-state index < -0.39 is 17.9 Å². The number of carboxylic acids is 1. The quantitative estimate of drug-likeness (QED) is 0.863. The molecule has 2 rings (SSSR count). The molecule has 2 amide bonds. The van der Waals surface area contributed by atoms with Gasteiger partial charge in [-0.2, -0.15) is 0 Å². The normalized spacial score (nSPS) is 18.8. The van der Waals surface area contributed by atoms with Crippen LogP contribution in [-0.2, 0) is 9.59 Å². The van der Waals surface area contributed by atoms with Crippen LogP contribution in [-0.4, -0.2) is 46.9 Å². The van der Waals surface area contributed by atoms with Crippen molar-refractivity contribution in [3.05, 3.63) is 21.4 Å². The molecule has 7 heteroatoms. The lowest BCUT2D eigenvalue weighted by molar-refractivity contribution is -0.142. The molecule has 1 atom stereocenters. The van der Waals surface area contributed by atoms with E-state index in [1.807, 2.05) is 13.8 Å². The Balaban J connectivity index is 2.25.